The van der Waals surface area contributed by atoms with Gasteiger partial charge in [0.25, 0.3) is 0 Å². The molecule has 0 unspecified atom stereocenters. The molecule has 1 fully saturated rings. The standard InChI is InChI=1S/C34H45N3O5/c1-22(2)30(20-24(5)34(41)42)36(6)33(40)28(35-32(39)29-14-10-11-19-37(29)23(3)4)21-25-15-17-27(18-16-25)31(38)26-12-8-7-9-13-26/h7-9,12-13,15-18,20,22-23,28-30H,10-11,14,19,21H2,1-6H3,(H,35,39)(H,41,42)/t28-,29+,30+/m0/s1. The molecule has 1 heterocycles. The maximum Gasteiger partial charge on any atom is 0.331 e. The number of ketones is 1. The summed E-state index contributed by atoms with van der Waals surface area (Å²) < 4.78 is 0. The Kier molecular flexibility index (Phi) is 11.6. The summed E-state index contributed by atoms with van der Waals surface area (Å²) in [5.41, 5.74) is 2.09. The monoisotopic (exact) mass is 575 g/mol. The molecule has 0 spiro atoms. The van der Waals surface area contributed by atoms with E-state index in [1.807, 2.05) is 44.2 Å². The molecule has 0 radical (unpaired) electrons. The van der Waals surface area contributed by atoms with Crippen LogP contribution in [0.1, 0.15) is 75.4 Å². The summed E-state index contributed by atoms with van der Waals surface area (Å²) in [5, 5.41) is 12.5. The molecule has 42 heavy (non-hydrogen) atoms. The highest BCUT2D eigenvalue weighted by Crippen LogP contribution is 2.21. The molecule has 0 aromatic heterocycles. The van der Waals surface area contributed by atoms with Gasteiger partial charge in [-0.25, -0.2) is 4.79 Å². The van der Waals surface area contributed by atoms with E-state index in [1.165, 1.54) is 11.8 Å². The third-order valence-electron chi connectivity index (χ3n) is 8.05. The van der Waals surface area contributed by atoms with Crippen molar-refractivity contribution in [2.75, 3.05) is 13.6 Å². The third kappa shape index (κ3) is 8.38. The van der Waals surface area contributed by atoms with Gasteiger partial charge >= 0.3 is 5.97 Å². The molecule has 2 amide bonds. The maximum atomic E-state index is 14.0. The number of carbonyl (C=O) groups is 4. The van der Waals surface area contributed by atoms with Crippen LogP contribution < -0.4 is 5.32 Å². The van der Waals surface area contributed by atoms with Crippen LogP contribution in [0.5, 0.6) is 0 Å². The van der Waals surface area contributed by atoms with Crippen molar-refractivity contribution in [1.29, 1.82) is 0 Å². The highest BCUT2D eigenvalue weighted by atomic mass is 16.4. The van der Waals surface area contributed by atoms with Crippen molar-refractivity contribution in [2.24, 2.45) is 5.92 Å². The van der Waals surface area contributed by atoms with Crippen molar-refractivity contribution in [1.82, 2.24) is 15.1 Å². The lowest BCUT2D eigenvalue weighted by Gasteiger charge is -2.38. The summed E-state index contributed by atoms with van der Waals surface area (Å²) in [6, 6.07) is 14.7. The summed E-state index contributed by atoms with van der Waals surface area (Å²) in [5.74, 6) is -1.66. The zero-order valence-corrected chi connectivity index (χ0v) is 25.7. The number of hydrogen-bond donors (Lipinski definition) is 2. The van der Waals surface area contributed by atoms with Crippen LogP contribution in [-0.2, 0) is 20.8 Å². The SMILES string of the molecule is CC(=C[C@H](C(C)C)N(C)C(=O)[C@H](Cc1ccc(C(=O)c2ccccc2)cc1)NC(=O)[C@H]1CCCCN1C(C)C)C(=O)O. The van der Waals surface area contributed by atoms with Gasteiger partial charge in [0.1, 0.15) is 6.04 Å². The topological polar surface area (TPSA) is 107 Å². The number of likely N-dealkylation sites (tertiary alicyclic amines) is 1. The molecule has 1 aliphatic heterocycles. The molecule has 8 nitrogen and oxygen atoms in total. The molecule has 8 heteroatoms. The summed E-state index contributed by atoms with van der Waals surface area (Å²) in [6.45, 7) is 10.4. The average molecular weight is 576 g/mol. The largest absolute Gasteiger partial charge is 0.478 e. The molecule has 0 bridgehead atoms. The first-order chi connectivity index (χ1) is 19.9. The smallest absolute Gasteiger partial charge is 0.331 e. The molecule has 0 aliphatic carbocycles. The van der Waals surface area contributed by atoms with Crippen LogP contribution >= 0.6 is 0 Å². The number of piperidine rings is 1. The number of carbonyl (C=O) groups excluding carboxylic acids is 3. The Bertz CT molecular complexity index is 1270. The van der Waals surface area contributed by atoms with Crippen LogP contribution in [0.3, 0.4) is 0 Å². The number of benzene rings is 2. The van der Waals surface area contributed by atoms with Crippen LogP contribution in [0.2, 0.25) is 0 Å². The van der Waals surface area contributed by atoms with Crippen molar-refractivity contribution in [2.45, 2.75) is 84.5 Å². The van der Waals surface area contributed by atoms with Gasteiger partial charge in [-0.15, -0.1) is 0 Å². The molecule has 2 N–H and O–H groups in total. The molecule has 226 valence electrons. The second-order valence-corrected chi connectivity index (χ2v) is 11.8. The summed E-state index contributed by atoms with van der Waals surface area (Å²) in [6.07, 6.45) is 4.54. The van der Waals surface area contributed by atoms with Gasteiger partial charge in [0.05, 0.1) is 12.1 Å². The molecule has 3 atom stereocenters. The van der Waals surface area contributed by atoms with Crippen molar-refractivity contribution >= 4 is 23.6 Å². The minimum atomic E-state index is -1.04. The molecule has 2 aromatic carbocycles. The van der Waals surface area contributed by atoms with E-state index in [-0.39, 0.29) is 47.6 Å². The number of nitrogens with one attached hydrogen (secondary N) is 1. The summed E-state index contributed by atoms with van der Waals surface area (Å²) in [4.78, 5) is 55.8. The third-order valence-corrected chi connectivity index (χ3v) is 8.05. The van der Waals surface area contributed by atoms with Crippen molar-refractivity contribution < 1.29 is 24.3 Å². The van der Waals surface area contributed by atoms with E-state index in [0.717, 1.165) is 31.4 Å². The van der Waals surface area contributed by atoms with Crippen molar-refractivity contribution in [3.8, 4) is 0 Å². The maximum absolute atomic E-state index is 14.0. The number of nitrogens with zero attached hydrogens (tertiary/aromatic N) is 2. The van der Waals surface area contributed by atoms with Crippen molar-refractivity contribution in [3.05, 3.63) is 82.9 Å². The van der Waals surface area contributed by atoms with E-state index in [0.29, 0.717) is 11.1 Å². The first-order valence-electron chi connectivity index (χ1n) is 14.8. The predicted molar refractivity (Wildman–Crippen MR) is 164 cm³/mol. The lowest BCUT2D eigenvalue weighted by molar-refractivity contribution is -0.139. The predicted octanol–water partition coefficient (Wildman–Crippen LogP) is 4.72. The fraction of sp³-hybridized carbons (Fsp3) is 0.471. The van der Waals surface area contributed by atoms with Gasteiger partial charge in [-0.2, -0.15) is 0 Å². The Balaban J connectivity index is 1.89. The lowest BCUT2D eigenvalue weighted by atomic mass is 9.96. The van der Waals surface area contributed by atoms with Gasteiger partial charge in [0.15, 0.2) is 5.78 Å². The first-order valence-corrected chi connectivity index (χ1v) is 14.8. The normalized spacial score (nSPS) is 17.5. The van der Waals surface area contributed by atoms with Crippen LogP contribution in [0.15, 0.2) is 66.2 Å². The second-order valence-electron chi connectivity index (χ2n) is 11.8. The average Bonchev–Trinajstić information content (AvgIpc) is 2.98. The number of likely N-dealkylation sites (N-methyl/N-ethyl adjacent to an activating group) is 1. The van der Waals surface area contributed by atoms with Crippen LogP contribution in [0.25, 0.3) is 0 Å². The van der Waals surface area contributed by atoms with Crippen molar-refractivity contribution in [3.63, 3.8) is 0 Å². The van der Waals surface area contributed by atoms with Gasteiger partial charge in [0.2, 0.25) is 11.8 Å². The molecule has 1 saturated heterocycles. The second kappa shape index (κ2) is 14.9. The number of amides is 2. The molecule has 0 saturated carbocycles. The van der Waals surface area contributed by atoms with Gasteiger partial charge in [-0.3, -0.25) is 19.3 Å². The lowest BCUT2D eigenvalue weighted by Crippen LogP contribution is -2.58. The van der Waals surface area contributed by atoms with E-state index < -0.39 is 18.1 Å². The Labute approximate surface area is 249 Å². The Hall–Kier alpha value is -3.78. The van der Waals surface area contributed by atoms with Gasteiger partial charge in [-0.05, 0) is 51.6 Å². The van der Waals surface area contributed by atoms with Gasteiger partial charge < -0.3 is 15.3 Å². The van der Waals surface area contributed by atoms with Gasteiger partial charge in [0, 0.05) is 36.2 Å². The minimum Gasteiger partial charge on any atom is -0.478 e. The molecular formula is C34H45N3O5. The zero-order chi connectivity index (χ0) is 31.0. The Morgan fingerprint density at radius 3 is 2.17 bits per heavy atom. The first kappa shape index (κ1) is 32.7. The van der Waals surface area contributed by atoms with Crippen LogP contribution in [0, 0.1) is 5.92 Å². The number of carboxylic acids is 1. The van der Waals surface area contributed by atoms with E-state index in [2.05, 4.69) is 24.1 Å². The van der Waals surface area contributed by atoms with E-state index in [1.54, 1.807) is 37.4 Å². The number of hydrogen-bond acceptors (Lipinski definition) is 5. The fourth-order valence-electron chi connectivity index (χ4n) is 5.58. The van der Waals surface area contributed by atoms with E-state index in [4.69, 9.17) is 0 Å². The number of carboxylic acid groups (broad SMARTS) is 1. The highest BCUT2D eigenvalue weighted by Gasteiger charge is 2.35. The summed E-state index contributed by atoms with van der Waals surface area (Å²) >= 11 is 0. The molecule has 2 aromatic rings. The molecule has 3 rings (SSSR count). The molecule has 1 aliphatic rings. The Morgan fingerprint density at radius 2 is 1.60 bits per heavy atom. The summed E-state index contributed by atoms with van der Waals surface area (Å²) in [7, 11) is 1.65. The van der Waals surface area contributed by atoms with E-state index >= 15 is 0 Å². The van der Waals surface area contributed by atoms with Crippen LogP contribution in [0.4, 0.5) is 0 Å². The quantitative estimate of drug-likeness (QED) is 0.280. The van der Waals surface area contributed by atoms with E-state index in [9.17, 15) is 24.3 Å². The van der Waals surface area contributed by atoms with Crippen LogP contribution in [-0.4, -0.2) is 76.2 Å². The highest BCUT2D eigenvalue weighted by molar-refractivity contribution is 6.09. The zero-order valence-electron chi connectivity index (χ0n) is 25.7. The Morgan fingerprint density at radius 1 is 0.976 bits per heavy atom. The molecular weight excluding hydrogens is 530 g/mol. The van der Waals surface area contributed by atoms with Gasteiger partial charge in [-0.1, -0.05) is 80.9 Å². The fourth-order valence-corrected chi connectivity index (χ4v) is 5.58. The minimum absolute atomic E-state index is 0.0531. The number of rotatable bonds is 12. The number of aliphatic carboxylic acids is 1.